The lowest BCUT2D eigenvalue weighted by molar-refractivity contribution is 0.290. The van der Waals surface area contributed by atoms with Crippen molar-refractivity contribution >= 4 is 0 Å². The highest BCUT2D eigenvalue weighted by Gasteiger charge is 2.29. The standard InChI is InChI=1S/C12H25N/c1-4-9-13-12(5-2)11-8-6-7-10(11)3/h10-13H,4-9H2,1-3H3. The number of hydrogen-bond donors (Lipinski definition) is 1. The lowest BCUT2D eigenvalue weighted by Crippen LogP contribution is -2.37. The lowest BCUT2D eigenvalue weighted by Gasteiger charge is -2.26. The predicted octanol–water partition coefficient (Wildman–Crippen LogP) is 3.20. The summed E-state index contributed by atoms with van der Waals surface area (Å²) < 4.78 is 0. The van der Waals surface area contributed by atoms with Crippen LogP contribution in [0.2, 0.25) is 0 Å². The topological polar surface area (TPSA) is 12.0 Å². The van der Waals surface area contributed by atoms with Gasteiger partial charge in [0.2, 0.25) is 0 Å². The van der Waals surface area contributed by atoms with E-state index in [1.165, 1.54) is 38.6 Å². The third-order valence-electron chi connectivity index (χ3n) is 3.54. The second-order valence-corrected chi connectivity index (χ2v) is 4.54. The molecule has 13 heavy (non-hydrogen) atoms. The van der Waals surface area contributed by atoms with Gasteiger partial charge in [0.25, 0.3) is 0 Å². The van der Waals surface area contributed by atoms with Crippen LogP contribution < -0.4 is 5.32 Å². The Morgan fingerprint density at radius 2 is 2.08 bits per heavy atom. The van der Waals surface area contributed by atoms with E-state index in [-0.39, 0.29) is 0 Å². The molecule has 1 aliphatic carbocycles. The molecule has 0 aromatic heterocycles. The van der Waals surface area contributed by atoms with Gasteiger partial charge in [0.15, 0.2) is 0 Å². The molecular weight excluding hydrogens is 158 g/mol. The van der Waals surface area contributed by atoms with Crippen LogP contribution in [-0.4, -0.2) is 12.6 Å². The molecule has 3 atom stereocenters. The molecule has 1 N–H and O–H groups in total. The van der Waals surface area contributed by atoms with E-state index >= 15 is 0 Å². The Morgan fingerprint density at radius 3 is 2.54 bits per heavy atom. The molecular formula is C12H25N. The van der Waals surface area contributed by atoms with Crippen molar-refractivity contribution in [2.45, 2.75) is 58.9 Å². The fraction of sp³-hybridized carbons (Fsp3) is 1.00. The van der Waals surface area contributed by atoms with Crippen molar-refractivity contribution in [3.8, 4) is 0 Å². The second kappa shape index (κ2) is 5.64. The SMILES string of the molecule is CCCNC(CC)C1CCCC1C. The molecule has 1 nitrogen and oxygen atoms in total. The van der Waals surface area contributed by atoms with Gasteiger partial charge in [-0.2, -0.15) is 0 Å². The van der Waals surface area contributed by atoms with Gasteiger partial charge >= 0.3 is 0 Å². The molecule has 0 heterocycles. The van der Waals surface area contributed by atoms with Crippen LogP contribution in [0.5, 0.6) is 0 Å². The molecule has 0 aliphatic heterocycles. The lowest BCUT2D eigenvalue weighted by atomic mass is 9.88. The molecule has 1 aliphatic rings. The molecule has 0 aromatic carbocycles. The first-order valence-electron chi connectivity index (χ1n) is 6.03. The molecule has 1 heteroatoms. The van der Waals surface area contributed by atoms with E-state index in [0.717, 1.165) is 17.9 Å². The van der Waals surface area contributed by atoms with Crippen LogP contribution in [0.3, 0.4) is 0 Å². The normalized spacial score (nSPS) is 30.7. The molecule has 78 valence electrons. The third-order valence-corrected chi connectivity index (χ3v) is 3.54. The molecule has 0 bridgehead atoms. The van der Waals surface area contributed by atoms with Gasteiger partial charge in [0, 0.05) is 6.04 Å². The molecule has 1 saturated carbocycles. The first kappa shape index (κ1) is 11.0. The fourth-order valence-corrected chi connectivity index (χ4v) is 2.70. The van der Waals surface area contributed by atoms with Crippen LogP contribution in [0, 0.1) is 11.8 Å². The highest BCUT2D eigenvalue weighted by Crippen LogP contribution is 2.34. The fourth-order valence-electron chi connectivity index (χ4n) is 2.70. The Kier molecular flexibility index (Phi) is 4.79. The van der Waals surface area contributed by atoms with Gasteiger partial charge in [-0.1, -0.05) is 33.6 Å². The van der Waals surface area contributed by atoms with Gasteiger partial charge < -0.3 is 5.32 Å². The van der Waals surface area contributed by atoms with Crippen LogP contribution in [-0.2, 0) is 0 Å². The maximum absolute atomic E-state index is 3.69. The largest absolute Gasteiger partial charge is 0.314 e. The Morgan fingerprint density at radius 1 is 1.31 bits per heavy atom. The van der Waals surface area contributed by atoms with Gasteiger partial charge in [0.05, 0.1) is 0 Å². The van der Waals surface area contributed by atoms with Gasteiger partial charge in [-0.05, 0) is 37.6 Å². The van der Waals surface area contributed by atoms with Crippen molar-refractivity contribution in [1.29, 1.82) is 0 Å². The Balaban J connectivity index is 2.35. The van der Waals surface area contributed by atoms with Crippen LogP contribution in [0.1, 0.15) is 52.9 Å². The van der Waals surface area contributed by atoms with Crippen molar-refractivity contribution in [3.05, 3.63) is 0 Å². The van der Waals surface area contributed by atoms with E-state index in [4.69, 9.17) is 0 Å². The summed E-state index contributed by atoms with van der Waals surface area (Å²) >= 11 is 0. The van der Waals surface area contributed by atoms with Crippen LogP contribution in [0.25, 0.3) is 0 Å². The minimum Gasteiger partial charge on any atom is -0.314 e. The van der Waals surface area contributed by atoms with Crippen molar-refractivity contribution in [2.24, 2.45) is 11.8 Å². The number of nitrogens with one attached hydrogen (secondary N) is 1. The zero-order chi connectivity index (χ0) is 9.68. The minimum absolute atomic E-state index is 0.789. The summed E-state index contributed by atoms with van der Waals surface area (Å²) in [6.45, 7) is 8.19. The van der Waals surface area contributed by atoms with E-state index in [2.05, 4.69) is 26.1 Å². The second-order valence-electron chi connectivity index (χ2n) is 4.54. The predicted molar refractivity (Wildman–Crippen MR) is 58.9 cm³/mol. The molecule has 0 aromatic rings. The maximum atomic E-state index is 3.69. The summed E-state index contributed by atoms with van der Waals surface area (Å²) in [5.74, 6) is 1.91. The molecule has 0 radical (unpaired) electrons. The van der Waals surface area contributed by atoms with Crippen molar-refractivity contribution < 1.29 is 0 Å². The van der Waals surface area contributed by atoms with Crippen LogP contribution >= 0.6 is 0 Å². The van der Waals surface area contributed by atoms with Crippen molar-refractivity contribution in [3.63, 3.8) is 0 Å². The summed E-state index contributed by atoms with van der Waals surface area (Å²) in [5, 5.41) is 3.69. The maximum Gasteiger partial charge on any atom is 0.00952 e. The van der Waals surface area contributed by atoms with E-state index in [1.807, 2.05) is 0 Å². The van der Waals surface area contributed by atoms with Gasteiger partial charge in [-0.25, -0.2) is 0 Å². The Labute approximate surface area is 83.3 Å². The highest BCUT2D eigenvalue weighted by molar-refractivity contribution is 4.83. The number of hydrogen-bond acceptors (Lipinski definition) is 1. The highest BCUT2D eigenvalue weighted by atomic mass is 14.9. The van der Waals surface area contributed by atoms with Crippen molar-refractivity contribution in [2.75, 3.05) is 6.54 Å². The van der Waals surface area contributed by atoms with Crippen LogP contribution in [0.4, 0.5) is 0 Å². The van der Waals surface area contributed by atoms with Gasteiger partial charge in [0.1, 0.15) is 0 Å². The van der Waals surface area contributed by atoms with Crippen LogP contribution in [0.15, 0.2) is 0 Å². The average Bonchev–Trinajstić information content (AvgIpc) is 2.54. The monoisotopic (exact) mass is 183 g/mol. The molecule has 3 unspecified atom stereocenters. The first-order valence-corrected chi connectivity index (χ1v) is 6.03. The van der Waals surface area contributed by atoms with Gasteiger partial charge in [-0.15, -0.1) is 0 Å². The summed E-state index contributed by atoms with van der Waals surface area (Å²) in [4.78, 5) is 0. The summed E-state index contributed by atoms with van der Waals surface area (Å²) in [6, 6.07) is 0.789. The van der Waals surface area contributed by atoms with Gasteiger partial charge in [-0.3, -0.25) is 0 Å². The Bertz CT molecular complexity index is 133. The first-order chi connectivity index (χ1) is 6.29. The quantitative estimate of drug-likeness (QED) is 0.690. The Hall–Kier alpha value is -0.0400. The summed E-state index contributed by atoms with van der Waals surface area (Å²) in [6.07, 6.45) is 6.92. The molecule has 0 spiro atoms. The van der Waals surface area contributed by atoms with E-state index < -0.39 is 0 Å². The molecule has 0 saturated heterocycles. The molecule has 1 rings (SSSR count). The molecule has 0 amide bonds. The molecule has 1 fully saturated rings. The smallest absolute Gasteiger partial charge is 0.00952 e. The minimum atomic E-state index is 0.789. The zero-order valence-electron chi connectivity index (χ0n) is 9.47. The van der Waals surface area contributed by atoms with E-state index in [0.29, 0.717) is 0 Å². The summed E-state index contributed by atoms with van der Waals surface area (Å²) in [5.41, 5.74) is 0. The summed E-state index contributed by atoms with van der Waals surface area (Å²) in [7, 11) is 0. The average molecular weight is 183 g/mol. The third kappa shape index (κ3) is 2.98. The van der Waals surface area contributed by atoms with Crippen molar-refractivity contribution in [1.82, 2.24) is 5.32 Å². The number of rotatable bonds is 5. The van der Waals surface area contributed by atoms with E-state index in [1.54, 1.807) is 0 Å². The van der Waals surface area contributed by atoms with E-state index in [9.17, 15) is 0 Å². The zero-order valence-corrected chi connectivity index (χ0v) is 9.47.